The summed E-state index contributed by atoms with van der Waals surface area (Å²) < 4.78 is 5.21. The van der Waals surface area contributed by atoms with Crippen LogP contribution in [0.3, 0.4) is 0 Å². The summed E-state index contributed by atoms with van der Waals surface area (Å²) in [6.45, 7) is 0. The Morgan fingerprint density at radius 3 is 2.46 bits per heavy atom. The van der Waals surface area contributed by atoms with Crippen LogP contribution in [0.1, 0.15) is 46.5 Å². The molecule has 0 atom stereocenters. The van der Waals surface area contributed by atoms with E-state index in [1.807, 2.05) is 18.2 Å². The Morgan fingerprint density at radius 1 is 1.00 bits per heavy atom. The maximum absolute atomic E-state index is 12.5. The highest BCUT2D eigenvalue weighted by Crippen LogP contribution is 2.22. The number of methoxy groups -OCH3 is 1. The Hall–Kier alpha value is -3.28. The molecule has 1 aliphatic carbocycles. The molecule has 2 amide bonds. The lowest BCUT2D eigenvalue weighted by molar-refractivity contribution is 0.0937. The van der Waals surface area contributed by atoms with Gasteiger partial charge in [-0.1, -0.05) is 12.8 Å². The number of hydrogen-bond acceptors (Lipinski definition) is 3. The lowest BCUT2D eigenvalue weighted by Crippen LogP contribution is -2.32. The molecule has 6 heteroatoms. The van der Waals surface area contributed by atoms with Gasteiger partial charge in [-0.15, -0.1) is 0 Å². The minimum atomic E-state index is -0.238. The number of rotatable bonds is 5. The van der Waals surface area contributed by atoms with E-state index in [2.05, 4.69) is 15.6 Å². The molecule has 1 saturated carbocycles. The van der Waals surface area contributed by atoms with Crippen molar-refractivity contribution in [2.75, 3.05) is 12.4 Å². The van der Waals surface area contributed by atoms with Crippen LogP contribution < -0.4 is 15.4 Å². The second kappa shape index (κ2) is 7.76. The van der Waals surface area contributed by atoms with Crippen LogP contribution in [0.25, 0.3) is 10.9 Å². The van der Waals surface area contributed by atoms with Crippen LogP contribution in [-0.2, 0) is 0 Å². The fraction of sp³-hybridized carbons (Fsp3) is 0.273. The average molecular weight is 377 g/mol. The Morgan fingerprint density at radius 2 is 1.75 bits per heavy atom. The number of benzene rings is 2. The van der Waals surface area contributed by atoms with Gasteiger partial charge < -0.3 is 20.4 Å². The SMILES string of the molecule is COc1ccc2cc(C(=O)Nc3ccc(C(=O)NC4CCCC4)cc3)[nH]c2c1. The van der Waals surface area contributed by atoms with E-state index in [4.69, 9.17) is 4.74 Å². The first-order valence-electron chi connectivity index (χ1n) is 9.51. The zero-order chi connectivity index (χ0) is 19.5. The van der Waals surface area contributed by atoms with Gasteiger partial charge in [0.15, 0.2) is 0 Å². The summed E-state index contributed by atoms with van der Waals surface area (Å²) in [6, 6.07) is 14.6. The fourth-order valence-electron chi connectivity index (χ4n) is 3.60. The van der Waals surface area contributed by atoms with Crippen molar-refractivity contribution in [1.29, 1.82) is 0 Å². The summed E-state index contributed by atoms with van der Waals surface area (Å²) in [4.78, 5) is 27.9. The van der Waals surface area contributed by atoms with Gasteiger partial charge in [0.05, 0.1) is 7.11 Å². The van der Waals surface area contributed by atoms with E-state index in [9.17, 15) is 9.59 Å². The maximum atomic E-state index is 12.5. The van der Waals surface area contributed by atoms with E-state index in [0.717, 1.165) is 29.5 Å². The average Bonchev–Trinajstić information content (AvgIpc) is 3.37. The predicted molar refractivity (Wildman–Crippen MR) is 109 cm³/mol. The Kier molecular flexibility index (Phi) is 5.02. The highest BCUT2D eigenvalue weighted by molar-refractivity contribution is 6.06. The van der Waals surface area contributed by atoms with E-state index in [0.29, 0.717) is 16.9 Å². The molecule has 1 aliphatic rings. The van der Waals surface area contributed by atoms with Gasteiger partial charge in [0.25, 0.3) is 11.8 Å². The number of amides is 2. The van der Waals surface area contributed by atoms with Gasteiger partial charge in [-0.2, -0.15) is 0 Å². The molecule has 144 valence electrons. The van der Waals surface area contributed by atoms with Gasteiger partial charge in [0.1, 0.15) is 11.4 Å². The second-order valence-electron chi connectivity index (χ2n) is 7.12. The summed E-state index contributed by atoms with van der Waals surface area (Å²) in [5, 5.41) is 6.85. The van der Waals surface area contributed by atoms with Crippen LogP contribution >= 0.6 is 0 Å². The van der Waals surface area contributed by atoms with Crippen LogP contribution in [0.4, 0.5) is 5.69 Å². The lowest BCUT2D eigenvalue weighted by atomic mass is 10.1. The number of H-pyrrole nitrogens is 1. The van der Waals surface area contributed by atoms with Crippen LogP contribution in [-0.4, -0.2) is 29.9 Å². The third-order valence-corrected chi connectivity index (χ3v) is 5.17. The van der Waals surface area contributed by atoms with Crippen LogP contribution in [0.2, 0.25) is 0 Å². The highest BCUT2D eigenvalue weighted by atomic mass is 16.5. The first kappa shape index (κ1) is 18.1. The zero-order valence-electron chi connectivity index (χ0n) is 15.7. The van der Waals surface area contributed by atoms with Gasteiger partial charge in [0.2, 0.25) is 0 Å². The highest BCUT2D eigenvalue weighted by Gasteiger charge is 2.18. The number of anilines is 1. The van der Waals surface area contributed by atoms with Crippen molar-refractivity contribution in [1.82, 2.24) is 10.3 Å². The molecule has 2 aromatic carbocycles. The van der Waals surface area contributed by atoms with Gasteiger partial charge in [-0.05, 0) is 55.3 Å². The minimum Gasteiger partial charge on any atom is -0.497 e. The molecule has 0 spiro atoms. The Labute approximate surface area is 163 Å². The number of aromatic amines is 1. The molecule has 1 aromatic heterocycles. The molecular formula is C22H23N3O3. The minimum absolute atomic E-state index is 0.0608. The van der Waals surface area contributed by atoms with Crippen molar-refractivity contribution in [3.05, 3.63) is 59.8 Å². The molecule has 4 rings (SSSR count). The smallest absolute Gasteiger partial charge is 0.272 e. The van der Waals surface area contributed by atoms with E-state index < -0.39 is 0 Å². The van der Waals surface area contributed by atoms with E-state index in [-0.39, 0.29) is 17.9 Å². The normalized spacial score (nSPS) is 14.2. The van der Waals surface area contributed by atoms with Crippen molar-refractivity contribution in [3.63, 3.8) is 0 Å². The second-order valence-corrected chi connectivity index (χ2v) is 7.12. The molecule has 0 bridgehead atoms. The summed E-state index contributed by atoms with van der Waals surface area (Å²) in [7, 11) is 1.61. The van der Waals surface area contributed by atoms with Crippen LogP contribution in [0, 0.1) is 0 Å². The monoisotopic (exact) mass is 377 g/mol. The molecule has 0 aliphatic heterocycles. The van der Waals surface area contributed by atoms with Crippen LogP contribution in [0.15, 0.2) is 48.5 Å². The van der Waals surface area contributed by atoms with Gasteiger partial charge in [0, 0.05) is 34.3 Å². The molecular weight excluding hydrogens is 354 g/mol. The number of carbonyl (C=O) groups excluding carboxylic acids is 2. The number of hydrogen-bond donors (Lipinski definition) is 3. The summed E-state index contributed by atoms with van der Waals surface area (Å²) >= 11 is 0. The topological polar surface area (TPSA) is 83.2 Å². The van der Waals surface area contributed by atoms with E-state index in [1.165, 1.54) is 12.8 Å². The van der Waals surface area contributed by atoms with Crippen molar-refractivity contribution < 1.29 is 14.3 Å². The Balaban J connectivity index is 1.42. The maximum Gasteiger partial charge on any atom is 0.272 e. The number of nitrogens with one attached hydrogen (secondary N) is 3. The van der Waals surface area contributed by atoms with Gasteiger partial charge >= 0.3 is 0 Å². The first-order chi connectivity index (χ1) is 13.6. The fourth-order valence-corrected chi connectivity index (χ4v) is 3.60. The van der Waals surface area contributed by atoms with Crippen molar-refractivity contribution in [2.45, 2.75) is 31.7 Å². The molecule has 3 aromatic rings. The number of fused-ring (bicyclic) bond motifs is 1. The first-order valence-corrected chi connectivity index (χ1v) is 9.51. The van der Waals surface area contributed by atoms with Crippen molar-refractivity contribution in [3.8, 4) is 5.75 Å². The molecule has 0 unspecified atom stereocenters. The molecule has 0 radical (unpaired) electrons. The molecule has 28 heavy (non-hydrogen) atoms. The van der Waals surface area contributed by atoms with Crippen molar-refractivity contribution >= 4 is 28.4 Å². The molecule has 0 saturated heterocycles. The predicted octanol–water partition coefficient (Wildman–Crippen LogP) is 4.10. The van der Waals surface area contributed by atoms with E-state index in [1.54, 1.807) is 37.4 Å². The summed E-state index contributed by atoms with van der Waals surface area (Å²) in [5.74, 6) is 0.431. The number of aromatic nitrogens is 1. The summed E-state index contributed by atoms with van der Waals surface area (Å²) in [6.07, 6.45) is 4.46. The number of ether oxygens (including phenoxy) is 1. The number of carbonyl (C=O) groups is 2. The molecule has 3 N–H and O–H groups in total. The van der Waals surface area contributed by atoms with Crippen LogP contribution in [0.5, 0.6) is 5.75 Å². The third kappa shape index (κ3) is 3.86. The van der Waals surface area contributed by atoms with E-state index >= 15 is 0 Å². The summed E-state index contributed by atoms with van der Waals surface area (Å²) in [5.41, 5.74) is 2.54. The van der Waals surface area contributed by atoms with Crippen molar-refractivity contribution in [2.24, 2.45) is 0 Å². The standard InChI is InChI=1S/C22H23N3O3/c1-28-18-11-8-15-12-20(25-19(15)13-18)22(27)24-17-9-6-14(7-10-17)21(26)23-16-4-2-3-5-16/h6-13,16,25H,2-5H2,1H3,(H,23,26)(H,24,27). The molecule has 6 nitrogen and oxygen atoms in total. The van der Waals surface area contributed by atoms with Gasteiger partial charge in [-0.3, -0.25) is 9.59 Å². The van der Waals surface area contributed by atoms with Gasteiger partial charge in [-0.25, -0.2) is 0 Å². The lowest BCUT2D eigenvalue weighted by Gasteiger charge is -2.12. The quantitative estimate of drug-likeness (QED) is 0.626. The third-order valence-electron chi connectivity index (χ3n) is 5.17. The zero-order valence-corrected chi connectivity index (χ0v) is 15.7. The molecule has 1 fully saturated rings. The largest absolute Gasteiger partial charge is 0.497 e. The Bertz CT molecular complexity index is 1000. The molecule has 1 heterocycles.